The lowest BCUT2D eigenvalue weighted by Gasteiger charge is -2.26. The van der Waals surface area contributed by atoms with Crippen molar-refractivity contribution in [3.63, 3.8) is 0 Å². The molecule has 0 radical (unpaired) electrons. The molecule has 4 heteroatoms. The van der Waals surface area contributed by atoms with Gasteiger partial charge in [-0.1, -0.05) is 6.07 Å². The predicted molar refractivity (Wildman–Crippen MR) is 59.8 cm³/mol. The van der Waals surface area contributed by atoms with E-state index in [1.165, 1.54) is 11.0 Å². The molecule has 0 saturated carbocycles. The third kappa shape index (κ3) is 2.05. The minimum absolute atomic E-state index is 0.122. The summed E-state index contributed by atoms with van der Waals surface area (Å²) in [5.74, 6) is -1.83. The van der Waals surface area contributed by atoms with Gasteiger partial charge in [0.2, 0.25) is 0 Å². The zero-order valence-electron chi connectivity index (χ0n) is 9.84. The number of aldehydes is 1. The molecule has 88 valence electrons. The Morgan fingerprint density at radius 1 is 1.25 bits per heavy atom. The van der Waals surface area contributed by atoms with E-state index in [0.717, 1.165) is 12.4 Å². The number of benzene rings is 1. The van der Waals surface area contributed by atoms with E-state index in [-0.39, 0.29) is 5.69 Å². The lowest BCUT2D eigenvalue weighted by molar-refractivity contribution is -0.111. The first kappa shape index (κ1) is 12.6. The number of hydrogen-bond donors (Lipinski definition) is 0. The van der Waals surface area contributed by atoms with Gasteiger partial charge in [-0.15, -0.1) is 0 Å². The minimum Gasteiger partial charge on any atom is -0.375 e. The van der Waals surface area contributed by atoms with Gasteiger partial charge in [0.25, 0.3) is 0 Å². The maximum Gasteiger partial charge on any atom is 0.182 e. The van der Waals surface area contributed by atoms with E-state index in [1.807, 2.05) is 0 Å². The molecule has 0 aliphatic rings. The average molecular weight is 227 g/mol. The molecule has 1 aromatic carbocycles. The van der Waals surface area contributed by atoms with Gasteiger partial charge in [-0.05, 0) is 25.5 Å². The molecular formula is C12H15F2NO. The van der Waals surface area contributed by atoms with Gasteiger partial charge in [0, 0.05) is 19.5 Å². The lowest BCUT2D eigenvalue weighted by atomic mass is 9.84. The maximum absolute atomic E-state index is 13.6. The van der Waals surface area contributed by atoms with E-state index in [4.69, 9.17) is 0 Å². The molecule has 0 atom stereocenters. The number of carbonyl (C=O) groups is 1. The highest BCUT2D eigenvalue weighted by molar-refractivity contribution is 5.73. The van der Waals surface area contributed by atoms with Gasteiger partial charge in [-0.2, -0.15) is 0 Å². The monoisotopic (exact) mass is 227 g/mol. The molecule has 0 N–H and O–H groups in total. The van der Waals surface area contributed by atoms with E-state index in [9.17, 15) is 13.6 Å². The molecule has 1 rings (SSSR count). The fourth-order valence-corrected chi connectivity index (χ4v) is 1.56. The van der Waals surface area contributed by atoms with E-state index < -0.39 is 17.0 Å². The largest absolute Gasteiger partial charge is 0.375 e. The summed E-state index contributed by atoms with van der Waals surface area (Å²) in [7, 11) is 3.23. The van der Waals surface area contributed by atoms with E-state index in [1.54, 1.807) is 27.9 Å². The first-order valence-electron chi connectivity index (χ1n) is 4.93. The lowest BCUT2D eigenvalue weighted by Crippen LogP contribution is -2.25. The predicted octanol–water partition coefficient (Wildman–Crippen LogP) is 2.51. The second-order valence-electron chi connectivity index (χ2n) is 4.49. The highest BCUT2D eigenvalue weighted by Gasteiger charge is 2.27. The summed E-state index contributed by atoms with van der Waals surface area (Å²) in [6, 6.07) is 2.49. The Hall–Kier alpha value is -1.45. The number of carbonyl (C=O) groups excluding carboxylic acids is 1. The molecule has 0 aliphatic carbocycles. The zero-order valence-corrected chi connectivity index (χ0v) is 9.84. The summed E-state index contributed by atoms with van der Waals surface area (Å²) in [6.07, 6.45) is 0.729. The summed E-state index contributed by atoms with van der Waals surface area (Å²) in [5.41, 5.74) is -0.239. The molecule has 0 saturated heterocycles. The van der Waals surface area contributed by atoms with Crippen molar-refractivity contribution < 1.29 is 13.6 Å². The smallest absolute Gasteiger partial charge is 0.182 e. The second-order valence-corrected chi connectivity index (χ2v) is 4.49. The normalized spacial score (nSPS) is 11.4. The fourth-order valence-electron chi connectivity index (χ4n) is 1.56. The van der Waals surface area contributed by atoms with E-state index in [0.29, 0.717) is 5.56 Å². The Bertz CT molecular complexity index is 414. The SMILES string of the molecule is CN(C)c1c(C(C)(C)C=O)ccc(F)c1F. The van der Waals surface area contributed by atoms with Crippen molar-refractivity contribution in [3.05, 3.63) is 29.3 Å². The third-order valence-corrected chi connectivity index (χ3v) is 2.51. The average Bonchev–Trinajstić information content (AvgIpc) is 2.21. The Balaban J connectivity index is 3.52. The van der Waals surface area contributed by atoms with Crippen LogP contribution in [0.1, 0.15) is 19.4 Å². The van der Waals surface area contributed by atoms with Crippen LogP contribution in [-0.2, 0) is 10.2 Å². The topological polar surface area (TPSA) is 20.3 Å². The molecule has 1 aromatic rings. The molecule has 0 fully saturated rings. The van der Waals surface area contributed by atoms with Gasteiger partial charge in [-0.25, -0.2) is 8.78 Å². The van der Waals surface area contributed by atoms with Crippen molar-refractivity contribution >= 4 is 12.0 Å². The van der Waals surface area contributed by atoms with Crippen LogP contribution in [0.4, 0.5) is 14.5 Å². The van der Waals surface area contributed by atoms with Crippen LogP contribution in [0.25, 0.3) is 0 Å². The summed E-state index contributed by atoms with van der Waals surface area (Å²) in [6.45, 7) is 3.33. The van der Waals surface area contributed by atoms with Gasteiger partial charge in [-0.3, -0.25) is 0 Å². The Morgan fingerprint density at radius 2 is 1.81 bits per heavy atom. The quantitative estimate of drug-likeness (QED) is 0.739. The minimum atomic E-state index is -0.919. The van der Waals surface area contributed by atoms with E-state index in [2.05, 4.69) is 0 Å². The van der Waals surface area contributed by atoms with E-state index >= 15 is 0 Å². The van der Waals surface area contributed by atoms with Gasteiger partial charge in [0.05, 0.1) is 5.69 Å². The van der Waals surface area contributed by atoms with Crippen molar-refractivity contribution in [3.8, 4) is 0 Å². The summed E-state index contributed by atoms with van der Waals surface area (Å²) in [5, 5.41) is 0. The van der Waals surface area contributed by atoms with Crippen molar-refractivity contribution in [2.45, 2.75) is 19.3 Å². The number of nitrogens with zero attached hydrogens (tertiary/aromatic N) is 1. The van der Waals surface area contributed by atoms with Gasteiger partial charge in [0.1, 0.15) is 6.29 Å². The Labute approximate surface area is 93.9 Å². The highest BCUT2D eigenvalue weighted by Crippen LogP contribution is 2.33. The van der Waals surface area contributed by atoms with Crippen LogP contribution in [0.3, 0.4) is 0 Å². The standard InChI is InChI=1S/C12H15F2NO/c1-12(2,7-16)8-5-6-9(13)10(14)11(8)15(3)4/h5-7H,1-4H3. The number of rotatable bonds is 3. The molecule has 0 amide bonds. The van der Waals surface area contributed by atoms with Gasteiger partial charge < -0.3 is 9.69 Å². The maximum atomic E-state index is 13.6. The number of halogens is 2. The molecule has 2 nitrogen and oxygen atoms in total. The van der Waals surface area contributed by atoms with Crippen molar-refractivity contribution in [2.24, 2.45) is 0 Å². The van der Waals surface area contributed by atoms with Gasteiger partial charge >= 0.3 is 0 Å². The van der Waals surface area contributed by atoms with Crippen LogP contribution in [0.2, 0.25) is 0 Å². The van der Waals surface area contributed by atoms with Crippen LogP contribution in [0.15, 0.2) is 12.1 Å². The van der Waals surface area contributed by atoms with Crippen LogP contribution in [0.5, 0.6) is 0 Å². The van der Waals surface area contributed by atoms with Crippen molar-refractivity contribution in [1.82, 2.24) is 0 Å². The number of anilines is 1. The molecule has 0 unspecified atom stereocenters. The van der Waals surface area contributed by atoms with Crippen LogP contribution in [0, 0.1) is 11.6 Å². The van der Waals surface area contributed by atoms with Crippen LogP contribution < -0.4 is 4.90 Å². The van der Waals surface area contributed by atoms with Crippen LogP contribution >= 0.6 is 0 Å². The molecule has 0 heterocycles. The third-order valence-electron chi connectivity index (χ3n) is 2.51. The van der Waals surface area contributed by atoms with Crippen molar-refractivity contribution in [1.29, 1.82) is 0 Å². The summed E-state index contributed by atoms with van der Waals surface area (Å²) < 4.78 is 26.8. The summed E-state index contributed by atoms with van der Waals surface area (Å²) in [4.78, 5) is 12.4. The molecule has 0 bridgehead atoms. The summed E-state index contributed by atoms with van der Waals surface area (Å²) >= 11 is 0. The van der Waals surface area contributed by atoms with Crippen LogP contribution in [-0.4, -0.2) is 20.4 Å². The molecule has 0 spiro atoms. The highest BCUT2D eigenvalue weighted by atomic mass is 19.2. The van der Waals surface area contributed by atoms with Gasteiger partial charge in [0.15, 0.2) is 11.6 Å². The molecule has 16 heavy (non-hydrogen) atoms. The first-order valence-corrected chi connectivity index (χ1v) is 4.93. The Kier molecular flexibility index (Phi) is 3.31. The molecular weight excluding hydrogens is 212 g/mol. The fraction of sp³-hybridized carbons (Fsp3) is 0.417. The zero-order chi connectivity index (χ0) is 12.5. The Morgan fingerprint density at radius 3 is 2.25 bits per heavy atom. The van der Waals surface area contributed by atoms with Crippen molar-refractivity contribution in [2.75, 3.05) is 19.0 Å². The number of hydrogen-bond acceptors (Lipinski definition) is 2. The molecule has 0 aliphatic heterocycles. The second kappa shape index (κ2) is 4.20. The first-order chi connectivity index (χ1) is 7.31. The molecule has 0 aromatic heterocycles.